The predicted octanol–water partition coefficient (Wildman–Crippen LogP) is 2.60. The Bertz CT molecular complexity index is 401. The molecule has 0 aliphatic heterocycles. The number of carbonyl (C=O) groups excluding carboxylic acids is 1. The third-order valence-corrected chi connectivity index (χ3v) is 2.66. The van der Waals surface area contributed by atoms with Crippen LogP contribution in [0.25, 0.3) is 0 Å². The Hall–Kier alpha value is -0.580. The minimum atomic E-state index is -0.933. The van der Waals surface area contributed by atoms with Crippen LogP contribution in [0.5, 0.6) is 0 Å². The minimum Gasteiger partial charge on any atom is -0.389 e. The van der Waals surface area contributed by atoms with Crippen molar-refractivity contribution >= 4 is 33.4 Å². The average Bonchev–Trinajstić information content (AvgIpc) is 2.13. The van der Waals surface area contributed by atoms with E-state index in [0.29, 0.717) is 10.6 Å². The lowest BCUT2D eigenvalue weighted by molar-refractivity contribution is 0.0694. The highest BCUT2D eigenvalue weighted by molar-refractivity contribution is 9.10. The van der Waals surface area contributed by atoms with E-state index in [4.69, 9.17) is 11.6 Å². The zero-order valence-electron chi connectivity index (χ0n) is 9.05. The molecule has 0 spiro atoms. The normalized spacial score (nSPS) is 11.3. The predicted molar refractivity (Wildman–Crippen MR) is 67.8 cm³/mol. The third kappa shape index (κ3) is 4.12. The van der Waals surface area contributed by atoms with Crippen molar-refractivity contribution in [1.29, 1.82) is 0 Å². The van der Waals surface area contributed by atoms with E-state index < -0.39 is 5.60 Å². The third-order valence-electron chi connectivity index (χ3n) is 1.86. The Morgan fingerprint density at radius 3 is 2.69 bits per heavy atom. The average molecular weight is 307 g/mol. The molecule has 0 saturated heterocycles. The summed E-state index contributed by atoms with van der Waals surface area (Å²) in [6, 6.07) is 5.03. The van der Waals surface area contributed by atoms with Gasteiger partial charge in [-0.15, -0.1) is 0 Å². The molecule has 1 rings (SSSR count). The van der Waals surface area contributed by atoms with Gasteiger partial charge in [0.05, 0.1) is 16.2 Å². The molecular formula is C11H13BrClNO2. The van der Waals surface area contributed by atoms with Crippen LogP contribution < -0.4 is 5.32 Å². The fourth-order valence-electron chi connectivity index (χ4n) is 1.07. The van der Waals surface area contributed by atoms with Gasteiger partial charge in [-0.1, -0.05) is 27.5 Å². The van der Waals surface area contributed by atoms with Gasteiger partial charge in [0.25, 0.3) is 5.91 Å². The number of hydrogen-bond donors (Lipinski definition) is 2. The Morgan fingerprint density at radius 2 is 2.19 bits per heavy atom. The van der Waals surface area contributed by atoms with Crippen LogP contribution in [-0.4, -0.2) is 23.2 Å². The molecule has 0 heterocycles. The van der Waals surface area contributed by atoms with Gasteiger partial charge in [-0.05, 0) is 32.0 Å². The van der Waals surface area contributed by atoms with E-state index in [2.05, 4.69) is 21.2 Å². The molecule has 3 nitrogen and oxygen atoms in total. The molecule has 0 aliphatic carbocycles. The van der Waals surface area contributed by atoms with E-state index in [-0.39, 0.29) is 12.5 Å². The molecule has 1 aromatic rings. The summed E-state index contributed by atoms with van der Waals surface area (Å²) in [7, 11) is 0. The highest BCUT2D eigenvalue weighted by Crippen LogP contribution is 2.21. The maximum absolute atomic E-state index is 11.7. The number of aliphatic hydroxyl groups is 1. The van der Waals surface area contributed by atoms with Crippen LogP contribution in [-0.2, 0) is 0 Å². The number of carbonyl (C=O) groups is 1. The molecule has 0 aliphatic rings. The topological polar surface area (TPSA) is 49.3 Å². The van der Waals surface area contributed by atoms with Gasteiger partial charge >= 0.3 is 0 Å². The summed E-state index contributed by atoms with van der Waals surface area (Å²) in [4.78, 5) is 11.7. The monoisotopic (exact) mass is 305 g/mol. The Labute approximate surface area is 108 Å². The largest absolute Gasteiger partial charge is 0.389 e. The number of amides is 1. The zero-order chi connectivity index (χ0) is 12.3. The minimum absolute atomic E-state index is 0.179. The molecule has 88 valence electrons. The lowest BCUT2D eigenvalue weighted by Crippen LogP contribution is -2.38. The van der Waals surface area contributed by atoms with Crippen molar-refractivity contribution in [3.05, 3.63) is 33.3 Å². The summed E-state index contributed by atoms with van der Waals surface area (Å²) in [5.41, 5.74) is -0.536. The van der Waals surface area contributed by atoms with E-state index in [1.54, 1.807) is 32.0 Å². The molecule has 5 heteroatoms. The molecule has 0 saturated carbocycles. The summed E-state index contributed by atoms with van der Waals surface area (Å²) in [5, 5.41) is 12.5. The van der Waals surface area contributed by atoms with Crippen molar-refractivity contribution in [3.8, 4) is 0 Å². The number of halogens is 2. The second-order valence-corrected chi connectivity index (χ2v) is 5.44. The molecule has 0 bridgehead atoms. The molecule has 1 amide bonds. The number of nitrogens with one attached hydrogen (secondary N) is 1. The van der Waals surface area contributed by atoms with Gasteiger partial charge < -0.3 is 10.4 Å². The Kier molecular flexibility index (Phi) is 4.35. The van der Waals surface area contributed by atoms with E-state index >= 15 is 0 Å². The first kappa shape index (κ1) is 13.5. The zero-order valence-corrected chi connectivity index (χ0v) is 11.4. The quantitative estimate of drug-likeness (QED) is 0.902. The summed E-state index contributed by atoms with van der Waals surface area (Å²) in [6.07, 6.45) is 0. The van der Waals surface area contributed by atoms with Crippen LogP contribution in [0, 0.1) is 0 Å². The molecular weight excluding hydrogens is 293 g/mol. The summed E-state index contributed by atoms with van der Waals surface area (Å²) in [6.45, 7) is 3.42. The van der Waals surface area contributed by atoms with Crippen molar-refractivity contribution in [3.63, 3.8) is 0 Å². The maximum atomic E-state index is 11.7. The van der Waals surface area contributed by atoms with Crippen molar-refractivity contribution in [2.45, 2.75) is 19.4 Å². The SMILES string of the molecule is CC(C)(O)CNC(=O)c1ccc(Br)cc1Cl. The van der Waals surface area contributed by atoms with Gasteiger partial charge in [0.15, 0.2) is 0 Å². The lowest BCUT2D eigenvalue weighted by Gasteiger charge is -2.17. The fourth-order valence-corrected chi connectivity index (χ4v) is 1.82. The summed E-state index contributed by atoms with van der Waals surface area (Å²) < 4.78 is 0.816. The first-order valence-electron chi connectivity index (χ1n) is 4.75. The second-order valence-electron chi connectivity index (χ2n) is 4.12. The molecule has 0 fully saturated rings. The second kappa shape index (κ2) is 5.17. The van der Waals surface area contributed by atoms with Gasteiger partial charge in [-0.2, -0.15) is 0 Å². The van der Waals surface area contributed by atoms with Gasteiger partial charge in [-0.25, -0.2) is 0 Å². The van der Waals surface area contributed by atoms with Crippen molar-refractivity contribution in [1.82, 2.24) is 5.32 Å². The number of benzene rings is 1. The molecule has 0 atom stereocenters. The molecule has 0 unspecified atom stereocenters. The number of hydrogen-bond acceptors (Lipinski definition) is 2. The van der Waals surface area contributed by atoms with E-state index in [9.17, 15) is 9.90 Å². The Morgan fingerprint density at radius 1 is 1.56 bits per heavy atom. The van der Waals surface area contributed by atoms with E-state index in [1.807, 2.05) is 0 Å². The van der Waals surface area contributed by atoms with Crippen molar-refractivity contribution in [2.75, 3.05) is 6.54 Å². The van der Waals surface area contributed by atoms with Crippen molar-refractivity contribution in [2.24, 2.45) is 0 Å². The van der Waals surface area contributed by atoms with Crippen LogP contribution in [0.4, 0.5) is 0 Å². The van der Waals surface area contributed by atoms with Crippen LogP contribution in [0.15, 0.2) is 22.7 Å². The smallest absolute Gasteiger partial charge is 0.252 e. The fraction of sp³-hybridized carbons (Fsp3) is 0.364. The number of rotatable bonds is 3. The van der Waals surface area contributed by atoms with Crippen LogP contribution in [0.3, 0.4) is 0 Å². The molecule has 16 heavy (non-hydrogen) atoms. The highest BCUT2D eigenvalue weighted by Gasteiger charge is 2.16. The Balaban J connectivity index is 2.74. The lowest BCUT2D eigenvalue weighted by atomic mass is 10.1. The molecule has 2 N–H and O–H groups in total. The van der Waals surface area contributed by atoms with Gasteiger partial charge in [0.2, 0.25) is 0 Å². The van der Waals surface area contributed by atoms with Crippen molar-refractivity contribution < 1.29 is 9.90 Å². The first-order valence-corrected chi connectivity index (χ1v) is 5.92. The summed E-state index contributed by atoms with van der Waals surface area (Å²) in [5.74, 6) is -0.292. The van der Waals surface area contributed by atoms with Crippen LogP contribution in [0.2, 0.25) is 5.02 Å². The van der Waals surface area contributed by atoms with E-state index in [0.717, 1.165) is 4.47 Å². The van der Waals surface area contributed by atoms with Crippen LogP contribution in [0.1, 0.15) is 24.2 Å². The van der Waals surface area contributed by atoms with Crippen LogP contribution >= 0.6 is 27.5 Å². The van der Waals surface area contributed by atoms with Gasteiger partial charge in [-0.3, -0.25) is 4.79 Å². The standard InChI is InChI=1S/C11H13BrClNO2/c1-11(2,16)6-14-10(15)8-4-3-7(12)5-9(8)13/h3-5,16H,6H2,1-2H3,(H,14,15). The van der Waals surface area contributed by atoms with Gasteiger partial charge in [0, 0.05) is 11.0 Å². The maximum Gasteiger partial charge on any atom is 0.252 e. The van der Waals surface area contributed by atoms with E-state index in [1.165, 1.54) is 0 Å². The van der Waals surface area contributed by atoms with Gasteiger partial charge in [0.1, 0.15) is 0 Å². The summed E-state index contributed by atoms with van der Waals surface area (Å²) >= 11 is 9.18. The molecule has 0 aromatic heterocycles. The first-order chi connectivity index (χ1) is 7.29. The molecule has 1 aromatic carbocycles. The highest BCUT2D eigenvalue weighted by atomic mass is 79.9. The molecule has 0 radical (unpaired) electrons.